The van der Waals surface area contributed by atoms with E-state index in [4.69, 9.17) is 0 Å². The van der Waals surface area contributed by atoms with Crippen LogP contribution in [0.15, 0.2) is 23.1 Å². The normalized spacial score (nSPS) is 12.8. The SMILES string of the molecule is CCNS(=O)(=O)c1ccc(C)c(C(=O)NCC(CC(C)C)C(=O)O)c1. The highest BCUT2D eigenvalue weighted by Gasteiger charge is 2.21. The maximum atomic E-state index is 12.4. The van der Waals surface area contributed by atoms with Crippen LogP contribution in [0.5, 0.6) is 0 Å². The summed E-state index contributed by atoms with van der Waals surface area (Å²) in [6, 6.07) is 4.30. The molecule has 140 valence electrons. The minimum atomic E-state index is -3.67. The number of rotatable bonds is 9. The Labute approximate surface area is 148 Å². The first kappa shape index (κ1) is 21.1. The molecule has 0 fully saturated rings. The Morgan fingerprint density at radius 3 is 2.40 bits per heavy atom. The average molecular weight is 370 g/mol. The van der Waals surface area contributed by atoms with Gasteiger partial charge in [-0.25, -0.2) is 13.1 Å². The first-order valence-electron chi connectivity index (χ1n) is 8.19. The van der Waals surface area contributed by atoms with Crippen molar-refractivity contribution in [2.45, 2.75) is 39.0 Å². The van der Waals surface area contributed by atoms with Gasteiger partial charge >= 0.3 is 5.97 Å². The van der Waals surface area contributed by atoms with E-state index in [-0.39, 0.29) is 29.5 Å². The van der Waals surface area contributed by atoms with Crippen molar-refractivity contribution >= 4 is 21.9 Å². The number of carbonyl (C=O) groups excluding carboxylic acids is 1. The highest BCUT2D eigenvalue weighted by atomic mass is 32.2. The van der Waals surface area contributed by atoms with Crippen LogP contribution in [0.2, 0.25) is 0 Å². The number of carboxylic acids is 1. The van der Waals surface area contributed by atoms with Crippen molar-refractivity contribution in [2.24, 2.45) is 11.8 Å². The van der Waals surface area contributed by atoms with Gasteiger partial charge in [0, 0.05) is 18.7 Å². The summed E-state index contributed by atoms with van der Waals surface area (Å²) >= 11 is 0. The molecule has 1 aromatic carbocycles. The van der Waals surface area contributed by atoms with Crippen LogP contribution >= 0.6 is 0 Å². The quantitative estimate of drug-likeness (QED) is 0.613. The summed E-state index contributed by atoms with van der Waals surface area (Å²) in [6.45, 7) is 7.43. The van der Waals surface area contributed by atoms with Gasteiger partial charge in [0.05, 0.1) is 10.8 Å². The Bertz CT molecular complexity index is 729. The maximum absolute atomic E-state index is 12.4. The molecule has 0 saturated carbocycles. The Morgan fingerprint density at radius 1 is 1.24 bits per heavy atom. The molecule has 0 saturated heterocycles. The standard InChI is InChI=1S/C17H26N2O5S/c1-5-19-25(23,24)14-7-6-12(4)15(9-14)16(20)18-10-13(17(21)22)8-11(2)3/h6-7,9,11,13,19H,5,8,10H2,1-4H3,(H,18,20)(H,21,22). The van der Waals surface area contributed by atoms with Crippen LogP contribution in [0.4, 0.5) is 0 Å². The fraction of sp³-hybridized carbons (Fsp3) is 0.529. The fourth-order valence-corrected chi connectivity index (χ4v) is 3.50. The second kappa shape index (κ2) is 8.96. The van der Waals surface area contributed by atoms with Crippen LogP contribution in [-0.4, -0.2) is 38.5 Å². The van der Waals surface area contributed by atoms with Gasteiger partial charge in [-0.05, 0) is 37.0 Å². The summed E-state index contributed by atoms with van der Waals surface area (Å²) in [7, 11) is -3.67. The van der Waals surface area contributed by atoms with Crippen molar-refractivity contribution in [1.29, 1.82) is 0 Å². The number of aryl methyl sites for hydroxylation is 1. The molecule has 0 heterocycles. The van der Waals surface area contributed by atoms with E-state index in [2.05, 4.69) is 10.0 Å². The molecule has 1 aromatic rings. The van der Waals surface area contributed by atoms with E-state index in [1.165, 1.54) is 12.1 Å². The summed E-state index contributed by atoms with van der Waals surface area (Å²) in [5, 5.41) is 11.8. The van der Waals surface area contributed by atoms with Crippen LogP contribution in [-0.2, 0) is 14.8 Å². The molecule has 8 heteroatoms. The van der Waals surface area contributed by atoms with Crippen molar-refractivity contribution in [2.75, 3.05) is 13.1 Å². The maximum Gasteiger partial charge on any atom is 0.308 e. The van der Waals surface area contributed by atoms with Crippen LogP contribution in [0.25, 0.3) is 0 Å². The number of hydrogen-bond donors (Lipinski definition) is 3. The second-order valence-electron chi connectivity index (χ2n) is 6.35. The molecule has 3 N–H and O–H groups in total. The fourth-order valence-electron chi connectivity index (χ4n) is 2.44. The summed E-state index contributed by atoms with van der Waals surface area (Å²) in [5.41, 5.74) is 0.830. The zero-order valence-corrected chi connectivity index (χ0v) is 15.8. The molecule has 25 heavy (non-hydrogen) atoms. The van der Waals surface area contributed by atoms with Crippen molar-refractivity contribution in [3.05, 3.63) is 29.3 Å². The molecule has 0 aliphatic carbocycles. The minimum Gasteiger partial charge on any atom is -0.481 e. The number of nitrogens with one attached hydrogen (secondary N) is 2. The highest BCUT2D eigenvalue weighted by Crippen LogP contribution is 2.16. The van der Waals surface area contributed by atoms with Gasteiger partial charge < -0.3 is 10.4 Å². The first-order chi connectivity index (χ1) is 11.6. The first-order valence-corrected chi connectivity index (χ1v) is 9.68. The van der Waals surface area contributed by atoms with Gasteiger partial charge in [0.25, 0.3) is 5.91 Å². The molecule has 0 bridgehead atoms. The topological polar surface area (TPSA) is 113 Å². The van der Waals surface area contributed by atoms with Crippen molar-refractivity contribution in [3.8, 4) is 0 Å². The molecular weight excluding hydrogens is 344 g/mol. The summed E-state index contributed by atoms with van der Waals surface area (Å²) in [4.78, 5) is 23.7. The van der Waals surface area contributed by atoms with E-state index < -0.39 is 27.8 Å². The lowest BCUT2D eigenvalue weighted by Crippen LogP contribution is -2.34. The van der Waals surface area contributed by atoms with Crippen molar-refractivity contribution in [1.82, 2.24) is 10.0 Å². The van der Waals surface area contributed by atoms with Crippen molar-refractivity contribution < 1.29 is 23.1 Å². The molecule has 1 unspecified atom stereocenters. The molecule has 0 aromatic heterocycles. The third-order valence-corrected chi connectivity index (χ3v) is 5.26. The molecule has 0 aliphatic rings. The van der Waals surface area contributed by atoms with Crippen LogP contribution < -0.4 is 10.0 Å². The van der Waals surface area contributed by atoms with Gasteiger partial charge in [0.2, 0.25) is 10.0 Å². The number of carbonyl (C=O) groups is 2. The number of aliphatic carboxylic acids is 1. The van der Waals surface area contributed by atoms with E-state index in [9.17, 15) is 23.1 Å². The van der Waals surface area contributed by atoms with Crippen molar-refractivity contribution in [3.63, 3.8) is 0 Å². The Morgan fingerprint density at radius 2 is 1.88 bits per heavy atom. The van der Waals surface area contributed by atoms with Gasteiger partial charge in [-0.2, -0.15) is 0 Å². The zero-order valence-electron chi connectivity index (χ0n) is 15.0. The van der Waals surface area contributed by atoms with Gasteiger partial charge in [-0.3, -0.25) is 9.59 Å². The monoisotopic (exact) mass is 370 g/mol. The number of amides is 1. The molecule has 0 spiro atoms. The average Bonchev–Trinajstić information content (AvgIpc) is 2.50. The molecular formula is C17H26N2O5S. The van der Waals surface area contributed by atoms with Gasteiger partial charge in [0.15, 0.2) is 0 Å². The molecule has 0 aliphatic heterocycles. The summed E-state index contributed by atoms with van der Waals surface area (Å²) in [5.74, 6) is -1.94. The predicted molar refractivity (Wildman–Crippen MR) is 95.0 cm³/mol. The Kier molecular flexibility index (Phi) is 7.57. The van der Waals surface area contributed by atoms with E-state index in [0.717, 1.165) is 0 Å². The van der Waals surface area contributed by atoms with E-state index in [1.807, 2.05) is 13.8 Å². The third-order valence-electron chi connectivity index (χ3n) is 3.71. The predicted octanol–water partition coefficient (Wildman–Crippen LogP) is 1.77. The van der Waals surface area contributed by atoms with E-state index in [0.29, 0.717) is 12.0 Å². The van der Waals surface area contributed by atoms with Crippen LogP contribution in [0, 0.1) is 18.8 Å². The Hall–Kier alpha value is -1.93. The van der Waals surface area contributed by atoms with Crippen LogP contribution in [0.1, 0.15) is 43.1 Å². The molecule has 1 rings (SSSR count). The van der Waals surface area contributed by atoms with E-state index >= 15 is 0 Å². The summed E-state index contributed by atoms with van der Waals surface area (Å²) in [6.07, 6.45) is 0.448. The highest BCUT2D eigenvalue weighted by molar-refractivity contribution is 7.89. The lowest BCUT2D eigenvalue weighted by molar-refractivity contribution is -0.142. The van der Waals surface area contributed by atoms with Crippen LogP contribution in [0.3, 0.4) is 0 Å². The zero-order chi connectivity index (χ0) is 19.2. The molecule has 0 radical (unpaired) electrons. The number of benzene rings is 1. The molecule has 1 amide bonds. The summed E-state index contributed by atoms with van der Waals surface area (Å²) < 4.78 is 26.5. The molecule has 7 nitrogen and oxygen atoms in total. The number of carboxylic acid groups (broad SMARTS) is 1. The number of sulfonamides is 1. The van der Waals surface area contributed by atoms with Gasteiger partial charge in [-0.1, -0.05) is 26.8 Å². The Balaban J connectivity index is 2.96. The minimum absolute atomic E-state index is 0.00191. The number of hydrogen-bond acceptors (Lipinski definition) is 4. The largest absolute Gasteiger partial charge is 0.481 e. The lowest BCUT2D eigenvalue weighted by atomic mass is 9.97. The second-order valence-corrected chi connectivity index (χ2v) is 8.12. The van der Waals surface area contributed by atoms with Gasteiger partial charge in [-0.15, -0.1) is 0 Å². The van der Waals surface area contributed by atoms with Gasteiger partial charge in [0.1, 0.15) is 0 Å². The lowest BCUT2D eigenvalue weighted by Gasteiger charge is -2.16. The smallest absolute Gasteiger partial charge is 0.308 e. The molecule has 1 atom stereocenters. The van der Waals surface area contributed by atoms with E-state index in [1.54, 1.807) is 19.9 Å². The third kappa shape index (κ3) is 6.13.